The number of alkyl halides is 4. The molecule has 26 heteroatoms. The number of nitriles is 2. The summed E-state index contributed by atoms with van der Waals surface area (Å²) >= 11 is 0. The van der Waals surface area contributed by atoms with Gasteiger partial charge in [-0.25, -0.2) is 42.1 Å². The van der Waals surface area contributed by atoms with Gasteiger partial charge < -0.3 is 49.0 Å². The van der Waals surface area contributed by atoms with E-state index in [4.69, 9.17) is 18.9 Å². The van der Waals surface area contributed by atoms with Crippen LogP contribution in [0.25, 0.3) is 22.1 Å². The van der Waals surface area contributed by atoms with E-state index in [0.717, 1.165) is 0 Å². The van der Waals surface area contributed by atoms with Crippen molar-refractivity contribution in [3.8, 4) is 23.9 Å². The van der Waals surface area contributed by atoms with Crippen LogP contribution in [0.1, 0.15) is 149 Å². The molecule has 10 rings (SSSR count). The van der Waals surface area contributed by atoms with Crippen molar-refractivity contribution in [3.63, 3.8) is 0 Å². The minimum Gasteiger partial charge on any atom is -0.540 e. The van der Waals surface area contributed by atoms with Crippen LogP contribution >= 0.6 is 0 Å². The van der Waals surface area contributed by atoms with Gasteiger partial charge in [0.05, 0.1) is 58.4 Å². The fraction of sp³-hybridized carbons (Fsp3) is 0.607. The molecule has 12 atom stereocenters. The third kappa shape index (κ3) is 15.1. The van der Waals surface area contributed by atoms with Gasteiger partial charge >= 0.3 is 12.2 Å². The van der Waals surface area contributed by atoms with Gasteiger partial charge in [-0.1, -0.05) is 86.7 Å². The van der Waals surface area contributed by atoms with Gasteiger partial charge in [-0.2, -0.15) is 28.1 Å². The van der Waals surface area contributed by atoms with E-state index < -0.39 is 131 Å². The van der Waals surface area contributed by atoms with Gasteiger partial charge in [0.15, 0.2) is 11.4 Å². The van der Waals surface area contributed by atoms with Crippen LogP contribution in [0, 0.1) is 57.2 Å². The molecule has 4 aromatic rings. The van der Waals surface area contributed by atoms with Gasteiger partial charge in [-0.3, -0.25) is 9.59 Å². The Kier molecular flexibility index (Phi) is 21.1. The monoisotopic (exact) mass is 1280 g/mol. The number of carbonyl (C=O) groups excluding carboxylic acids is 6. The van der Waals surface area contributed by atoms with Crippen LogP contribution < -0.4 is 20.1 Å². The zero-order valence-corrected chi connectivity index (χ0v) is 52.4. The quantitative estimate of drug-likeness (QED) is 0.143. The summed E-state index contributed by atoms with van der Waals surface area (Å²) in [6, 6.07) is 8.64. The van der Waals surface area contributed by atoms with E-state index in [1.165, 1.54) is 46.2 Å². The second kappa shape index (κ2) is 27.0. The maximum Gasteiger partial charge on any atom is 0.408 e. The average Bonchev–Trinajstić information content (AvgIpc) is 2.51. The van der Waals surface area contributed by atoms with Gasteiger partial charge in [0, 0.05) is 50.0 Å². The number of rotatable bonds is 3. The van der Waals surface area contributed by atoms with Crippen LogP contribution in [0.5, 0.6) is 11.8 Å². The molecule has 4 aliphatic heterocycles. The molecule has 2 saturated heterocycles. The second-order valence-corrected chi connectivity index (χ2v) is 25.4. The van der Waals surface area contributed by atoms with Crippen molar-refractivity contribution in [1.82, 2.24) is 40.4 Å². The number of ether oxygens (including phenoxy) is 4. The van der Waals surface area contributed by atoms with Crippen molar-refractivity contribution in [1.29, 1.82) is 10.5 Å². The first-order chi connectivity index (χ1) is 40.2. The van der Waals surface area contributed by atoms with E-state index >= 15 is 17.6 Å². The Bertz CT molecular complexity index is 3340. The molecule has 6 aliphatic rings. The third-order valence-corrected chi connectivity index (χ3v) is 17.0. The molecule has 20 nitrogen and oxygen atoms in total. The number of hydrogen-bond donors (Lipinski definition) is 2. The molecule has 2 aliphatic carbocycles. The van der Waals surface area contributed by atoms with Crippen LogP contribution in [0.15, 0.2) is 36.4 Å². The third-order valence-electron chi connectivity index (χ3n) is 17.0. The largest absolute Gasteiger partial charge is 0.540 e. The summed E-state index contributed by atoms with van der Waals surface area (Å²) in [6.45, 7) is 13.9. The molecule has 6 heterocycles. The number of nitrogens with one attached hydrogen (secondary N) is 2. The number of nitrogens with zero attached hydrogens (tertiary/aromatic N) is 8. The number of hydrogen-bond acceptors (Lipinski definition) is 16. The Labute approximate surface area is 526 Å². The van der Waals surface area contributed by atoms with Crippen LogP contribution in [-0.4, -0.2) is 128 Å². The Hall–Kier alpha value is -6.59. The van der Waals surface area contributed by atoms with Crippen LogP contribution in [0.4, 0.5) is 27.2 Å². The smallest absolute Gasteiger partial charge is 0.408 e. The van der Waals surface area contributed by atoms with Crippen molar-refractivity contribution in [2.24, 2.45) is 34.5 Å². The maximum atomic E-state index is 15.8. The fourth-order valence-corrected chi connectivity index (χ4v) is 11.8. The van der Waals surface area contributed by atoms with Gasteiger partial charge in [0.1, 0.15) is 36.5 Å². The van der Waals surface area contributed by atoms with Gasteiger partial charge in [-0.05, 0) is 109 Å². The summed E-state index contributed by atoms with van der Waals surface area (Å²) < 4.78 is 86.5. The number of amides is 4. The van der Waals surface area contributed by atoms with E-state index in [2.05, 4.69) is 30.6 Å². The zero-order chi connectivity index (χ0) is 61.5. The number of halogens is 4. The van der Waals surface area contributed by atoms with E-state index in [0.29, 0.717) is 44.9 Å². The van der Waals surface area contributed by atoms with E-state index in [-0.39, 0.29) is 120 Å². The molecule has 464 valence electrons. The summed E-state index contributed by atoms with van der Waals surface area (Å²) in [5.41, 5.74) is -1.37. The minimum atomic E-state index is -3.39. The van der Waals surface area contributed by atoms with Crippen molar-refractivity contribution in [3.05, 3.63) is 58.9 Å². The molecule has 2 N–H and O–H groups in total. The molecule has 4 amide bonds. The molecular weight excluding hydrogens is 1210 g/mol. The van der Waals surface area contributed by atoms with Crippen LogP contribution in [0.2, 0.25) is 0 Å². The Morgan fingerprint density at radius 3 is 1.43 bits per heavy atom. The topological polar surface area (TPSA) is 269 Å². The Balaban J connectivity index is 0.000000243. The average molecular weight is 1280 g/mol. The predicted molar refractivity (Wildman–Crippen MR) is 297 cm³/mol. The van der Waals surface area contributed by atoms with Crippen molar-refractivity contribution >= 4 is 58.6 Å². The molecule has 4 bridgehead atoms. The number of fused-ring (bicyclic) bond motifs is 10. The van der Waals surface area contributed by atoms with Gasteiger partial charge in [0.25, 0.3) is 11.8 Å². The molecule has 87 heavy (non-hydrogen) atoms. The molecule has 0 spiro atoms. The summed E-state index contributed by atoms with van der Waals surface area (Å²) in [5, 5.41) is 24.1. The Morgan fingerprint density at radius 2 is 1.02 bits per heavy atom. The Morgan fingerprint density at radius 1 is 0.609 bits per heavy atom. The number of benzene rings is 2. The normalized spacial score (nSPS) is 29.1. The molecular formula is C61H70F4N10O10V2-2. The molecule has 0 unspecified atom stereocenters. The number of carbonyl (C=O) groups is 4. The summed E-state index contributed by atoms with van der Waals surface area (Å²) in [6.07, 6.45) is 3.18. The van der Waals surface area contributed by atoms with E-state index in [1.54, 1.807) is 55.4 Å². The number of alkyl carbamates (subject to hydrolysis) is 2. The predicted octanol–water partition coefficient (Wildman–Crippen LogP) is 9.19. The second-order valence-electron chi connectivity index (χ2n) is 25.4. The first kappa shape index (κ1) is 67.9. The fourth-order valence-electron chi connectivity index (χ4n) is 11.8. The minimum absolute atomic E-state index is 0. The molecule has 2 radical (unpaired) electrons. The van der Waals surface area contributed by atoms with Crippen molar-refractivity contribution < 1.29 is 102 Å². The SMILES string of the molecule is CC[C@@H]1[C@@H]2CN(C(=O)[C@H](C(C)(C)C)NC(=O)O[C@@H]3C[C@H]3CCCCC(F)(F)c3nc4ccc(C#N)cc4nc3O2)[C@@H]1[C-]=O.C[C@@H]1[C@@H]2CN(C(=O)[C@H](C(C)(C)C)NC(=O)O[C@@H]3C[C@H]3CCCCC(F)(F)c3nc4ccc(C#N)cc4nc3O2)[C@@H]1[C-]=O.[V].[V]. The zero-order valence-electron chi connectivity index (χ0n) is 49.7. The molecule has 2 aromatic carbocycles. The first-order valence-electron chi connectivity index (χ1n) is 29.0. The number of aromatic nitrogens is 4. The van der Waals surface area contributed by atoms with Gasteiger partial charge in [0.2, 0.25) is 23.6 Å². The van der Waals surface area contributed by atoms with Crippen molar-refractivity contribution in [2.75, 3.05) is 13.1 Å². The standard InChI is InChI=1S/C31H36F2N5O5.C30H34F2N5O5.2V/c1-5-19-22(16-39)38-15-24(19)42-27-25(35-20-10-9-17(14-34)12-21(20)36-27)31(32,33)11-7-6-8-18-13-23(18)43-29(41)37-26(28(38)40)30(2,3)4;1-16-21(15-38)37-14-23(16)41-26-24(34-19-9-8-17(13-33)11-20(19)35-26)30(31,32)10-6-5-7-18-12-22(18)42-28(40)36-25(27(37)39)29(2,3)4;;/h9-10,12,18-19,22-24,26H,5-8,11,13,15H2,1-4H3,(H,37,41);8-9,11,16,18,21-23,25H,5-7,10,12,14H2,1-4H3,(H,36,40);;/q2*-1;;/t18-,19+,22-,23-,24+,26-;16-,18+,21+,22+,23-,25+;;/m10../s1. The summed E-state index contributed by atoms with van der Waals surface area (Å²) in [5.74, 6) is -9.74. The van der Waals surface area contributed by atoms with E-state index in [1.807, 2.05) is 24.7 Å². The van der Waals surface area contributed by atoms with Gasteiger partial charge in [-0.15, -0.1) is 0 Å². The van der Waals surface area contributed by atoms with Crippen LogP contribution in [-0.2, 0) is 77.6 Å². The maximum absolute atomic E-state index is 15.8. The summed E-state index contributed by atoms with van der Waals surface area (Å²) in [7, 11) is 0. The van der Waals surface area contributed by atoms with E-state index in [9.17, 15) is 39.3 Å². The first-order valence-corrected chi connectivity index (χ1v) is 29.0. The molecule has 4 fully saturated rings. The summed E-state index contributed by atoms with van der Waals surface area (Å²) in [4.78, 5) is 97.6. The molecule has 2 saturated carbocycles. The van der Waals surface area contributed by atoms with Crippen molar-refractivity contribution in [2.45, 2.75) is 186 Å². The van der Waals surface area contributed by atoms with Crippen LogP contribution in [0.3, 0.4) is 0 Å². The molecule has 2 aromatic heterocycles.